The third-order valence-corrected chi connectivity index (χ3v) is 5.39. The smallest absolute Gasteiger partial charge is 0.471 e. The highest BCUT2D eigenvalue weighted by Crippen LogP contribution is 2.65. The van der Waals surface area contributed by atoms with Gasteiger partial charge in [0.15, 0.2) is 0 Å². The molecule has 25 heavy (non-hydrogen) atoms. The number of carbonyl (C=O) groups is 3. The zero-order chi connectivity index (χ0) is 19.5. The Kier molecular flexibility index (Phi) is 4.38. The van der Waals surface area contributed by atoms with Crippen LogP contribution in [0.4, 0.5) is 13.2 Å². The molecule has 142 valence electrons. The molecule has 0 aromatic rings. The third-order valence-electron chi connectivity index (χ3n) is 5.39. The summed E-state index contributed by atoms with van der Waals surface area (Å²) in [6.45, 7) is 8.54. The Morgan fingerprint density at radius 1 is 1.20 bits per heavy atom. The number of nitrogens with one attached hydrogen (secondary N) is 1. The van der Waals surface area contributed by atoms with Crippen molar-refractivity contribution >= 4 is 17.8 Å². The van der Waals surface area contributed by atoms with Crippen molar-refractivity contribution in [2.75, 3.05) is 6.54 Å². The summed E-state index contributed by atoms with van der Waals surface area (Å²) in [5.74, 6) is -4.41. The number of alkyl halides is 3. The summed E-state index contributed by atoms with van der Waals surface area (Å²) in [4.78, 5) is 36.9. The third kappa shape index (κ3) is 3.32. The topological polar surface area (TPSA) is 86.7 Å². The fourth-order valence-electron chi connectivity index (χ4n) is 3.82. The maximum atomic E-state index is 12.8. The van der Waals surface area contributed by atoms with Gasteiger partial charge in [0, 0.05) is 12.5 Å². The van der Waals surface area contributed by atoms with Crippen LogP contribution in [0.2, 0.25) is 0 Å². The van der Waals surface area contributed by atoms with Crippen molar-refractivity contribution in [3.63, 3.8) is 0 Å². The molecule has 1 saturated heterocycles. The minimum Gasteiger partial charge on any atom is -0.480 e. The number of likely N-dealkylation sites (tertiary alicyclic amines) is 1. The minimum absolute atomic E-state index is 0.00325. The highest BCUT2D eigenvalue weighted by molar-refractivity contribution is 5.93. The summed E-state index contributed by atoms with van der Waals surface area (Å²) < 4.78 is 37.7. The van der Waals surface area contributed by atoms with E-state index in [0.717, 1.165) is 4.90 Å². The molecule has 1 aliphatic heterocycles. The van der Waals surface area contributed by atoms with Crippen molar-refractivity contribution in [1.29, 1.82) is 0 Å². The van der Waals surface area contributed by atoms with E-state index < -0.39 is 41.5 Å². The molecule has 1 aliphatic carbocycles. The molecular weight excluding hydrogens is 341 g/mol. The molecule has 0 unspecified atom stereocenters. The van der Waals surface area contributed by atoms with Crippen molar-refractivity contribution in [2.24, 2.45) is 22.7 Å². The van der Waals surface area contributed by atoms with Gasteiger partial charge in [0.1, 0.15) is 12.1 Å². The van der Waals surface area contributed by atoms with Gasteiger partial charge in [-0.05, 0) is 16.7 Å². The number of carboxylic acid groups (broad SMARTS) is 1. The van der Waals surface area contributed by atoms with Gasteiger partial charge in [-0.2, -0.15) is 13.2 Å². The van der Waals surface area contributed by atoms with Gasteiger partial charge < -0.3 is 15.3 Å². The van der Waals surface area contributed by atoms with Gasteiger partial charge in [0.2, 0.25) is 5.91 Å². The first-order valence-corrected chi connectivity index (χ1v) is 8.01. The van der Waals surface area contributed by atoms with Crippen LogP contribution in [0.5, 0.6) is 0 Å². The second-order valence-corrected chi connectivity index (χ2v) is 8.50. The van der Waals surface area contributed by atoms with Gasteiger partial charge in [-0.25, -0.2) is 4.79 Å². The number of aliphatic carboxylic acids is 1. The molecule has 0 aromatic heterocycles. The van der Waals surface area contributed by atoms with Crippen LogP contribution in [0.3, 0.4) is 0 Å². The summed E-state index contributed by atoms with van der Waals surface area (Å²) >= 11 is 0. The lowest BCUT2D eigenvalue weighted by atomic mass is 9.85. The number of nitrogens with zero attached hydrogens (tertiary/aromatic N) is 1. The lowest BCUT2D eigenvalue weighted by Gasteiger charge is -2.36. The summed E-state index contributed by atoms with van der Waals surface area (Å²) in [6, 6.07) is -2.55. The zero-order valence-electron chi connectivity index (χ0n) is 14.8. The SMILES string of the molecule is CC(C)(C)[C@H](NC(=O)C(F)(F)F)C(=O)N1C[C@@H]2[C@H]([C@@H]1C(=O)O)C2(C)C. The Balaban J connectivity index is 2.26. The highest BCUT2D eigenvalue weighted by Gasteiger charge is 2.70. The lowest BCUT2D eigenvalue weighted by Crippen LogP contribution is -2.59. The summed E-state index contributed by atoms with van der Waals surface area (Å²) in [7, 11) is 0. The van der Waals surface area contributed by atoms with E-state index in [-0.39, 0.29) is 23.8 Å². The molecule has 2 amide bonds. The molecule has 2 fully saturated rings. The van der Waals surface area contributed by atoms with Crippen LogP contribution >= 0.6 is 0 Å². The van der Waals surface area contributed by atoms with Crippen molar-refractivity contribution in [1.82, 2.24) is 10.2 Å². The Bertz CT molecular complexity index is 609. The zero-order valence-corrected chi connectivity index (χ0v) is 14.8. The number of hydrogen-bond acceptors (Lipinski definition) is 3. The number of piperidine rings is 1. The number of rotatable bonds is 3. The van der Waals surface area contributed by atoms with Gasteiger partial charge in [0.25, 0.3) is 0 Å². The van der Waals surface area contributed by atoms with E-state index >= 15 is 0 Å². The van der Waals surface area contributed by atoms with Crippen molar-refractivity contribution < 1.29 is 32.7 Å². The number of hydrogen-bond donors (Lipinski definition) is 2. The van der Waals surface area contributed by atoms with Gasteiger partial charge in [0.05, 0.1) is 0 Å². The highest BCUT2D eigenvalue weighted by atomic mass is 19.4. The molecule has 0 radical (unpaired) electrons. The number of fused-ring (bicyclic) bond motifs is 1. The number of carbonyl (C=O) groups excluding carboxylic acids is 2. The first kappa shape index (κ1) is 19.5. The average Bonchev–Trinajstić information content (AvgIpc) is 2.82. The van der Waals surface area contributed by atoms with E-state index in [9.17, 15) is 32.7 Å². The van der Waals surface area contributed by atoms with E-state index in [1.54, 1.807) is 5.32 Å². The van der Waals surface area contributed by atoms with Crippen LogP contribution in [0.1, 0.15) is 34.6 Å². The maximum Gasteiger partial charge on any atom is 0.471 e. The van der Waals surface area contributed by atoms with E-state index in [1.165, 1.54) is 20.8 Å². The first-order valence-electron chi connectivity index (χ1n) is 8.01. The molecule has 9 heteroatoms. The molecule has 6 nitrogen and oxygen atoms in total. The van der Waals surface area contributed by atoms with Gasteiger partial charge in [-0.15, -0.1) is 0 Å². The van der Waals surface area contributed by atoms with E-state index in [1.807, 2.05) is 13.8 Å². The molecule has 0 bridgehead atoms. The van der Waals surface area contributed by atoms with Crippen LogP contribution < -0.4 is 5.32 Å². The van der Waals surface area contributed by atoms with E-state index in [0.29, 0.717) is 0 Å². The number of amides is 2. The Hall–Kier alpha value is -1.80. The van der Waals surface area contributed by atoms with Crippen LogP contribution in [0, 0.1) is 22.7 Å². The largest absolute Gasteiger partial charge is 0.480 e. The molecular formula is C16H23F3N2O4. The fourth-order valence-corrected chi connectivity index (χ4v) is 3.82. The predicted molar refractivity (Wildman–Crippen MR) is 81.3 cm³/mol. The van der Waals surface area contributed by atoms with Gasteiger partial charge in [-0.3, -0.25) is 9.59 Å². The normalized spacial score (nSPS) is 29.0. The summed E-state index contributed by atoms with van der Waals surface area (Å²) in [5, 5.41) is 11.2. The molecule has 2 rings (SSSR count). The van der Waals surface area contributed by atoms with Crippen LogP contribution in [0.25, 0.3) is 0 Å². The second-order valence-electron chi connectivity index (χ2n) is 8.50. The Labute approximate surface area is 143 Å². The van der Waals surface area contributed by atoms with Crippen molar-refractivity contribution in [3.8, 4) is 0 Å². The standard InChI is InChI=1S/C16H23F3N2O4/c1-14(2,3)10(20-13(25)16(17,18)19)11(22)21-6-7-8(15(7,4)5)9(21)12(23)24/h7-10H,6H2,1-5H3,(H,20,25)(H,23,24)/t7-,8-,9-,10-/m1/s1. The predicted octanol–water partition coefficient (Wildman–Crippen LogP) is 1.65. The number of halogens is 3. The summed E-state index contributed by atoms with van der Waals surface area (Å²) in [6.07, 6.45) is -5.12. The van der Waals surface area contributed by atoms with Crippen LogP contribution in [-0.4, -0.2) is 52.6 Å². The molecule has 1 heterocycles. The monoisotopic (exact) mass is 364 g/mol. The van der Waals surface area contributed by atoms with Crippen LogP contribution in [0.15, 0.2) is 0 Å². The van der Waals surface area contributed by atoms with E-state index in [2.05, 4.69) is 0 Å². The van der Waals surface area contributed by atoms with Crippen LogP contribution in [-0.2, 0) is 14.4 Å². The molecule has 2 N–H and O–H groups in total. The molecule has 2 aliphatic rings. The van der Waals surface area contributed by atoms with Gasteiger partial charge in [-0.1, -0.05) is 34.6 Å². The molecule has 0 spiro atoms. The Morgan fingerprint density at radius 3 is 2.12 bits per heavy atom. The Morgan fingerprint density at radius 2 is 1.72 bits per heavy atom. The molecule has 1 saturated carbocycles. The average molecular weight is 364 g/mol. The lowest BCUT2D eigenvalue weighted by molar-refractivity contribution is -0.176. The fraction of sp³-hybridized carbons (Fsp3) is 0.812. The van der Waals surface area contributed by atoms with Gasteiger partial charge >= 0.3 is 18.1 Å². The van der Waals surface area contributed by atoms with E-state index in [4.69, 9.17) is 0 Å². The summed E-state index contributed by atoms with van der Waals surface area (Å²) in [5.41, 5.74) is -1.23. The quantitative estimate of drug-likeness (QED) is 0.797. The second kappa shape index (κ2) is 5.60. The molecule has 4 atom stereocenters. The molecule has 0 aromatic carbocycles. The minimum atomic E-state index is -5.12. The number of carboxylic acids is 1. The van der Waals surface area contributed by atoms with Crippen molar-refractivity contribution in [3.05, 3.63) is 0 Å². The van der Waals surface area contributed by atoms with Crippen molar-refractivity contribution in [2.45, 2.75) is 52.9 Å². The first-order chi connectivity index (χ1) is 11.1. The maximum absolute atomic E-state index is 12.8.